The number of carbonyl (C=O) groups excluding carboxylic acids is 1. The number of anilines is 1. The van der Waals surface area contributed by atoms with Crippen LogP contribution in [0.3, 0.4) is 0 Å². The molecule has 0 bridgehead atoms. The van der Waals surface area contributed by atoms with E-state index in [9.17, 15) is 4.79 Å². The maximum atomic E-state index is 12.7. The molecule has 2 aromatic heterocycles. The lowest BCUT2D eigenvalue weighted by molar-refractivity contribution is 0.0935. The predicted octanol–water partition coefficient (Wildman–Crippen LogP) is 4.46. The van der Waals surface area contributed by atoms with Crippen LogP contribution in [0, 0.1) is 0 Å². The number of imidazole rings is 1. The van der Waals surface area contributed by atoms with Crippen LogP contribution in [0.2, 0.25) is 0 Å². The number of nitrogens with one attached hydrogen (secondary N) is 2. The van der Waals surface area contributed by atoms with E-state index in [1.807, 2.05) is 68.6 Å². The second-order valence-electron chi connectivity index (χ2n) is 7.23. The summed E-state index contributed by atoms with van der Waals surface area (Å²) in [7, 11) is 2.02. The monoisotopic (exact) mass is 399 g/mol. The second-order valence-corrected chi connectivity index (χ2v) is 7.23. The molecule has 4 aromatic rings. The van der Waals surface area contributed by atoms with Gasteiger partial charge in [-0.05, 0) is 54.4 Å². The first-order chi connectivity index (χ1) is 14.7. The third-order valence-corrected chi connectivity index (χ3v) is 5.28. The molecule has 0 radical (unpaired) electrons. The summed E-state index contributed by atoms with van der Waals surface area (Å²) in [4.78, 5) is 21.5. The van der Waals surface area contributed by atoms with Gasteiger partial charge in [0.15, 0.2) is 0 Å². The van der Waals surface area contributed by atoms with Gasteiger partial charge in [0, 0.05) is 30.7 Å². The van der Waals surface area contributed by atoms with E-state index in [1.54, 1.807) is 12.4 Å². The fraction of sp³-hybridized carbons (Fsp3) is 0.208. The molecule has 0 aliphatic carbocycles. The van der Waals surface area contributed by atoms with E-state index in [-0.39, 0.29) is 11.9 Å². The SMILES string of the molecule is CCC(NC(=O)c1ccc(NCc2nc3ccccc3n2C)cc1)c1cccnc1. The van der Waals surface area contributed by atoms with Crippen molar-refractivity contribution in [2.75, 3.05) is 5.32 Å². The molecule has 4 rings (SSSR count). The summed E-state index contributed by atoms with van der Waals surface area (Å²) in [5.41, 5.74) is 4.68. The number of aromatic nitrogens is 3. The fourth-order valence-corrected chi connectivity index (χ4v) is 3.52. The number of rotatable bonds is 7. The van der Waals surface area contributed by atoms with Crippen LogP contribution in [0.4, 0.5) is 5.69 Å². The number of pyridine rings is 1. The first-order valence-electron chi connectivity index (χ1n) is 10.1. The molecule has 152 valence electrons. The molecule has 0 saturated carbocycles. The van der Waals surface area contributed by atoms with Crippen LogP contribution >= 0.6 is 0 Å². The van der Waals surface area contributed by atoms with Gasteiger partial charge >= 0.3 is 0 Å². The molecule has 2 heterocycles. The van der Waals surface area contributed by atoms with Crippen molar-refractivity contribution in [1.29, 1.82) is 0 Å². The Morgan fingerprint density at radius 3 is 2.57 bits per heavy atom. The molecule has 0 fully saturated rings. The topological polar surface area (TPSA) is 71.8 Å². The molecule has 0 aliphatic heterocycles. The quantitative estimate of drug-likeness (QED) is 0.481. The fourth-order valence-electron chi connectivity index (χ4n) is 3.52. The highest BCUT2D eigenvalue weighted by Crippen LogP contribution is 2.18. The Kier molecular flexibility index (Phi) is 5.75. The Morgan fingerprint density at radius 1 is 1.07 bits per heavy atom. The molecule has 6 heteroatoms. The maximum Gasteiger partial charge on any atom is 0.251 e. The highest BCUT2D eigenvalue weighted by Gasteiger charge is 2.14. The molecule has 2 N–H and O–H groups in total. The number of nitrogens with zero attached hydrogens (tertiary/aromatic N) is 3. The van der Waals surface area contributed by atoms with Crippen molar-refractivity contribution in [1.82, 2.24) is 19.9 Å². The van der Waals surface area contributed by atoms with Crippen LogP contribution in [0.1, 0.15) is 41.1 Å². The summed E-state index contributed by atoms with van der Waals surface area (Å²) >= 11 is 0. The van der Waals surface area contributed by atoms with Crippen molar-refractivity contribution >= 4 is 22.6 Å². The van der Waals surface area contributed by atoms with Crippen LogP contribution < -0.4 is 10.6 Å². The smallest absolute Gasteiger partial charge is 0.251 e. The minimum Gasteiger partial charge on any atom is -0.378 e. The van der Waals surface area contributed by atoms with Gasteiger partial charge in [-0.25, -0.2) is 4.98 Å². The summed E-state index contributed by atoms with van der Waals surface area (Å²) in [5, 5.41) is 6.47. The molecule has 2 aromatic carbocycles. The van der Waals surface area contributed by atoms with Crippen molar-refractivity contribution < 1.29 is 4.79 Å². The number of benzene rings is 2. The maximum absolute atomic E-state index is 12.7. The van der Waals surface area contributed by atoms with E-state index < -0.39 is 0 Å². The predicted molar refractivity (Wildman–Crippen MR) is 119 cm³/mol. The first kappa shape index (κ1) is 19.6. The van der Waals surface area contributed by atoms with E-state index in [1.165, 1.54) is 0 Å². The second kappa shape index (κ2) is 8.78. The van der Waals surface area contributed by atoms with Crippen molar-refractivity contribution in [3.05, 3.63) is 90.0 Å². The molecule has 0 spiro atoms. The molecule has 30 heavy (non-hydrogen) atoms. The number of hydrogen-bond donors (Lipinski definition) is 2. The van der Waals surface area contributed by atoms with E-state index in [0.29, 0.717) is 12.1 Å². The zero-order valence-corrected chi connectivity index (χ0v) is 17.2. The summed E-state index contributed by atoms with van der Waals surface area (Å²) in [6, 6.07) is 19.4. The molecule has 0 saturated heterocycles. The Balaban J connectivity index is 1.39. The summed E-state index contributed by atoms with van der Waals surface area (Å²) in [5.74, 6) is 0.868. The van der Waals surface area contributed by atoms with Gasteiger partial charge < -0.3 is 15.2 Å². The van der Waals surface area contributed by atoms with Crippen LogP contribution in [0.15, 0.2) is 73.1 Å². The molecule has 6 nitrogen and oxygen atoms in total. The minimum absolute atomic E-state index is 0.0541. The van der Waals surface area contributed by atoms with Gasteiger partial charge in [0.1, 0.15) is 5.82 Å². The van der Waals surface area contributed by atoms with Crippen LogP contribution in [-0.4, -0.2) is 20.4 Å². The summed E-state index contributed by atoms with van der Waals surface area (Å²) in [6.45, 7) is 2.65. The summed E-state index contributed by atoms with van der Waals surface area (Å²) in [6.07, 6.45) is 4.33. The van der Waals surface area contributed by atoms with Gasteiger partial charge in [-0.1, -0.05) is 25.1 Å². The lowest BCUT2D eigenvalue weighted by Gasteiger charge is -2.17. The summed E-state index contributed by atoms with van der Waals surface area (Å²) < 4.78 is 2.09. The first-order valence-corrected chi connectivity index (χ1v) is 10.1. The van der Waals surface area contributed by atoms with Crippen molar-refractivity contribution in [3.8, 4) is 0 Å². The van der Waals surface area contributed by atoms with Crippen LogP contribution in [0.25, 0.3) is 11.0 Å². The molecular weight excluding hydrogens is 374 g/mol. The third kappa shape index (κ3) is 4.17. The van der Waals surface area contributed by atoms with E-state index in [4.69, 9.17) is 0 Å². The van der Waals surface area contributed by atoms with Crippen LogP contribution in [-0.2, 0) is 13.6 Å². The zero-order chi connectivity index (χ0) is 20.9. The number of hydrogen-bond acceptors (Lipinski definition) is 4. The average molecular weight is 399 g/mol. The van der Waals surface area contributed by atoms with Gasteiger partial charge in [0.05, 0.1) is 23.6 Å². The normalized spacial score (nSPS) is 11.9. The highest BCUT2D eigenvalue weighted by atomic mass is 16.1. The number of carbonyl (C=O) groups is 1. The zero-order valence-electron chi connectivity index (χ0n) is 17.2. The van der Waals surface area contributed by atoms with Gasteiger partial charge in [-0.15, -0.1) is 0 Å². The Morgan fingerprint density at radius 2 is 1.87 bits per heavy atom. The molecule has 1 unspecified atom stereocenters. The molecular formula is C24H25N5O. The van der Waals surface area contributed by atoms with Gasteiger partial charge in [0.25, 0.3) is 5.91 Å². The molecule has 1 atom stereocenters. The minimum atomic E-state index is -0.0902. The Labute approximate surface area is 176 Å². The van der Waals surface area contributed by atoms with Gasteiger partial charge in [-0.2, -0.15) is 0 Å². The number of fused-ring (bicyclic) bond motifs is 1. The number of aryl methyl sites for hydroxylation is 1. The van der Waals surface area contributed by atoms with Crippen molar-refractivity contribution in [3.63, 3.8) is 0 Å². The lowest BCUT2D eigenvalue weighted by atomic mass is 10.1. The Hall–Kier alpha value is -3.67. The van der Waals surface area contributed by atoms with E-state index >= 15 is 0 Å². The van der Waals surface area contributed by atoms with Gasteiger partial charge in [-0.3, -0.25) is 9.78 Å². The van der Waals surface area contributed by atoms with E-state index in [0.717, 1.165) is 34.5 Å². The third-order valence-electron chi connectivity index (χ3n) is 5.28. The number of para-hydroxylation sites is 2. The standard InChI is InChI=1S/C24H25N5O/c1-3-20(18-7-6-14-25-15-18)28-24(30)17-10-12-19(13-11-17)26-16-23-27-21-8-4-5-9-22(21)29(23)2/h4-15,20,26H,3,16H2,1-2H3,(H,28,30). The average Bonchev–Trinajstić information content (AvgIpc) is 3.12. The van der Waals surface area contributed by atoms with Gasteiger partial charge in [0.2, 0.25) is 0 Å². The van der Waals surface area contributed by atoms with Crippen LogP contribution in [0.5, 0.6) is 0 Å². The number of amides is 1. The van der Waals surface area contributed by atoms with E-state index in [2.05, 4.69) is 31.2 Å². The largest absolute Gasteiger partial charge is 0.378 e. The lowest BCUT2D eigenvalue weighted by Crippen LogP contribution is -2.28. The Bertz CT molecular complexity index is 1140. The van der Waals surface area contributed by atoms with Crippen molar-refractivity contribution in [2.45, 2.75) is 25.9 Å². The van der Waals surface area contributed by atoms with Crippen molar-refractivity contribution in [2.24, 2.45) is 7.05 Å². The molecule has 0 aliphatic rings. The molecule has 1 amide bonds. The highest BCUT2D eigenvalue weighted by molar-refractivity contribution is 5.94.